The van der Waals surface area contributed by atoms with Crippen LogP contribution in [0.2, 0.25) is 0 Å². The lowest BCUT2D eigenvalue weighted by molar-refractivity contribution is 0.868. The number of hydrogen-bond donors (Lipinski definition) is 0. The fourth-order valence-electron chi connectivity index (χ4n) is 1.03. The number of nitrogens with zero attached hydrogens (tertiary/aromatic N) is 2. The summed E-state index contributed by atoms with van der Waals surface area (Å²) in [4.78, 5) is 0. The van der Waals surface area contributed by atoms with E-state index in [9.17, 15) is 0 Å². The van der Waals surface area contributed by atoms with Gasteiger partial charge in [0.25, 0.3) is 0 Å². The Morgan fingerprint density at radius 1 is 1.17 bits per heavy atom. The number of rotatable bonds is 4. The minimum atomic E-state index is 0.751. The van der Waals surface area contributed by atoms with Crippen LogP contribution < -0.4 is 0 Å². The van der Waals surface area contributed by atoms with Gasteiger partial charge >= 0.3 is 0 Å². The molecule has 0 aliphatic carbocycles. The highest BCUT2D eigenvalue weighted by atomic mass is 32.1. The standard InChI is InChI=1S/C9H14N2S/c1-3-8-6-12-7-9(8)5-11-10-4-2/h6-7H,3-5H2,1-2H3. The molecule has 0 bridgehead atoms. The first-order chi connectivity index (χ1) is 5.88. The van der Waals surface area contributed by atoms with E-state index in [2.05, 4.69) is 27.9 Å². The molecule has 0 saturated heterocycles. The maximum absolute atomic E-state index is 4.07. The van der Waals surface area contributed by atoms with E-state index < -0.39 is 0 Å². The van der Waals surface area contributed by atoms with Crippen LogP contribution in [0.15, 0.2) is 21.0 Å². The Bertz CT molecular complexity index is 253. The summed E-state index contributed by atoms with van der Waals surface area (Å²) in [5.41, 5.74) is 2.75. The maximum Gasteiger partial charge on any atom is 0.0859 e. The third kappa shape index (κ3) is 2.41. The highest BCUT2D eigenvalue weighted by molar-refractivity contribution is 7.08. The van der Waals surface area contributed by atoms with Crippen molar-refractivity contribution >= 4 is 11.3 Å². The summed E-state index contributed by atoms with van der Waals surface area (Å²) in [7, 11) is 0. The van der Waals surface area contributed by atoms with Gasteiger partial charge in [0.2, 0.25) is 0 Å². The molecule has 1 aromatic heterocycles. The molecule has 0 fully saturated rings. The molecule has 1 heterocycles. The minimum Gasteiger partial charge on any atom is -0.194 e. The van der Waals surface area contributed by atoms with E-state index in [1.807, 2.05) is 6.92 Å². The predicted molar refractivity (Wildman–Crippen MR) is 52.8 cm³/mol. The zero-order valence-corrected chi connectivity index (χ0v) is 8.40. The third-order valence-electron chi connectivity index (χ3n) is 1.70. The van der Waals surface area contributed by atoms with E-state index in [1.54, 1.807) is 11.3 Å². The Morgan fingerprint density at radius 2 is 1.92 bits per heavy atom. The molecule has 1 rings (SSSR count). The first-order valence-corrected chi connectivity index (χ1v) is 5.20. The van der Waals surface area contributed by atoms with E-state index in [0.29, 0.717) is 0 Å². The largest absolute Gasteiger partial charge is 0.194 e. The average Bonchev–Trinajstić information content (AvgIpc) is 2.52. The first-order valence-electron chi connectivity index (χ1n) is 4.25. The second kappa shape index (κ2) is 5.04. The summed E-state index contributed by atoms with van der Waals surface area (Å²) in [5, 5.41) is 12.4. The van der Waals surface area contributed by atoms with Gasteiger partial charge in [-0.3, -0.25) is 0 Å². The van der Waals surface area contributed by atoms with Crippen molar-refractivity contribution in [3.63, 3.8) is 0 Å². The van der Waals surface area contributed by atoms with E-state index in [-0.39, 0.29) is 0 Å². The molecule has 2 nitrogen and oxygen atoms in total. The second-order valence-corrected chi connectivity index (χ2v) is 3.28. The van der Waals surface area contributed by atoms with Crippen molar-refractivity contribution in [3.8, 4) is 0 Å². The third-order valence-corrected chi connectivity index (χ3v) is 2.54. The molecular formula is C9H14N2S. The van der Waals surface area contributed by atoms with Crippen LogP contribution in [0, 0.1) is 0 Å². The van der Waals surface area contributed by atoms with Crippen LogP contribution in [0.1, 0.15) is 25.0 Å². The van der Waals surface area contributed by atoms with Gasteiger partial charge in [-0.05, 0) is 35.2 Å². The molecule has 0 amide bonds. The molecule has 0 saturated carbocycles. The SMILES string of the molecule is CCN=NCc1cscc1CC. The van der Waals surface area contributed by atoms with Gasteiger partial charge in [0.1, 0.15) is 0 Å². The lowest BCUT2D eigenvalue weighted by atomic mass is 10.1. The van der Waals surface area contributed by atoms with Crippen molar-refractivity contribution in [3.05, 3.63) is 21.9 Å². The van der Waals surface area contributed by atoms with Crippen molar-refractivity contribution in [1.29, 1.82) is 0 Å². The van der Waals surface area contributed by atoms with E-state index in [0.717, 1.165) is 19.5 Å². The zero-order valence-electron chi connectivity index (χ0n) is 7.58. The fourth-order valence-corrected chi connectivity index (χ4v) is 1.97. The van der Waals surface area contributed by atoms with Crippen molar-refractivity contribution in [2.24, 2.45) is 10.2 Å². The molecule has 12 heavy (non-hydrogen) atoms. The Kier molecular flexibility index (Phi) is 3.94. The Morgan fingerprint density at radius 3 is 2.58 bits per heavy atom. The fraction of sp³-hybridized carbons (Fsp3) is 0.556. The highest BCUT2D eigenvalue weighted by Crippen LogP contribution is 2.16. The summed E-state index contributed by atoms with van der Waals surface area (Å²) in [6, 6.07) is 0. The molecule has 0 unspecified atom stereocenters. The van der Waals surface area contributed by atoms with Gasteiger partial charge in [-0.2, -0.15) is 21.6 Å². The lowest BCUT2D eigenvalue weighted by Gasteiger charge is -1.94. The topological polar surface area (TPSA) is 24.7 Å². The molecule has 0 N–H and O–H groups in total. The van der Waals surface area contributed by atoms with Crippen LogP contribution in [0.25, 0.3) is 0 Å². The normalized spacial score (nSPS) is 11.2. The van der Waals surface area contributed by atoms with Crippen LogP contribution in [0.4, 0.5) is 0 Å². The van der Waals surface area contributed by atoms with Gasteiger partial charge in [0, 0.05) is 0 Å². The molecule has 0 aliphatic rings. The molecule has 0 aliphatic heterocycles. The summed E-state index contributed by atoms with van der Waals surface area (Å²) in [5.74, 6) is 0. The molecule has 0 radical (unpaired) electrons. The molecule has 1 aromatic rings. The molecule has 3 heteroatoms. The molecule has 0 atom stereocenters. The number of thiophene rings is 1. The summed E-state index contributed by atoms with van der Waals surface area (Å²) >= 11 is 1.75. The van der Waals surface area contributed by atoms with Gasteiger partial charge < -0.3 is 0 Å². The Hall–Kier alpha value is -0.700. The van der Waals surface area contributed by atoms with Crippen LogP contribution in [0.3, 0.4) is 0 Å². The van der Waals surface area contributed by atoms with E-state index >= 15 is 0 Å². The van der Waals surface area contributed by atoms with Crippen molar-refractivity contribution in [2.45, 2.75) is 26.8 Å². The van der Waals surface area contributed by atoms with Gasteiger partial charge in [-0.15, -0.1) is 0 Å². The van der Waals surface area contributed by atoms with Crippen molar-refractivity contribution < 1.29 is 0 Å². The van der Waals surface area contributed by atoms with Crippen LogP contribution >= 0.6 is 11.3 Å². The number of azo groups is 1. The first kappa shape index (κ1) is 9.39. The Balaban J connectivity index is 2.56. The number of aryl methyl sites for hydroxylation is 1. The van der Waals surface area contributed by atoms with E-state index in [4.69, 9.17) is 0 Å². The van der Waals surface area contributed by atoms with Crippen molar-refractivity contribution in [1.82, 2.24) is 0 Å². The lowest BCUT2D eigenvalue weighted by Crippen LogP contribution is -1.84. The van der Waals surface area contributed by atoms with Crippen molar-refractivity contribution in [2.75, 3.05) is 6.54 Å². The summed E-state index contributed by atoms with van der Waals surface area (Å²) in [6.07, 6.45) is 1.10. The van der Waals surface area contributed by atoms with E-state index in [1.165, 1.54) is 11.1 Å². The zero-order chi connectivity index (χ0) is 8.81. The number of hydrogen-bond acceptors (Lipinski definition) is 3. The van der Waals surface area contributed by atoms with Crippen LogP contribution in [0.5, 0.6) is 0 Å². The van der Waals surface area contributed by atoms with Gasteiger partial charge in [0.05, 0.1) is 13.1 Å². The summed E-state index contributed by atoms with van der Waals surface area (Å²) < 4.78 is 0. The quantitative estimate of drug-likeness (QED) is 0.638. The van der Waals surface area contributed by atoms with Gasteiger partial charge in [-0.25, -0.2) is 0 Å². The smallest absolute Gasteiger partial charge is 0.0859 e. The molecule has 0 aromatic carbocycles. The predicted octanol–water partition coefficient (Wildman–Crippen LogP) is 3.28. The minimum absolute atomic E-state index is 0.751. The van der Waals surface area contributed by atoms with Crippen LogP contribution in [-0.2, 0) is 13.0 Å². The van der Waals surface area contributed by atoms with Gasteiger partial charge in [0.15, 0.2) is 0 Å². The molecule has 66 valence electrons. The average molecular weight is 182 g/mol. The monoisotopic (exact) mass is 182 g/mol. The molecule has 0 spiro atoms. The Labute approximate surface area is 77.3 Å². The second-order valence-electron chi connectivity index (χ2n) is 2.53. The highest BCUT2D eigenvalue weighted by Gasteiger charge is 1.99. The van der Waals surface area contributed by atoms with Gasteiger partial charge in [-0.1, -0.05) is 6.92 Å². The molecular weight excluding hydrogens is 168 g/mol. The van der Waals surface area contributed by atoms with Crippen LogP contribution in [-0.4, -0.2) is 6.54 Å². The maximum atomic E-state index is 4.07. The summed E-state index contributed by atoms with van der Waals surface area (Å²) in [6.45, 7) is 5.70.